The van der Waals surface area contributed by atoms with Crippen LogP contribution in [-0.4, -0.2) is 0 Å². The molecule has 4 aliphatic rings. The van der Waals surface area contributed by atoms with Gasteiger partial charge in [0.1, 0.15) is 22.3 Å². The van der Waals surface area contributed by atoms with Crippen molar-refractivity contribution >= 4 is 152 Å². The molecule has 0 aliphatic heterocycles. The van der Waals surface area contributed by atoms with Crippen LogP contribution in [0.3, 0.4) is 0 Å². The summed E-state index contributed by atoms with van der Waals surface area (Å²) in [7, 11) is 0. The highest BCUT2D eigenvalue weighted by Crippen LogP contribution is 2.61. The first kappa shape index (κ1) is 87.1. The van der Waals surface area contributed by atoms with Crippen LogP contribution in [0.25, 0.3) is 140 Å². The molecule has 4 heterocycles. The van der Waals surface area contributed by atoms with E-state index >= 15 is 0 Å². The number of hydrogen-bond donors (Lipinski definition) is 4. The van der Waals surface area contributed by atoms with Crippen LogP contribution in [0.15, 0.2) is 494 Å². The second-order valence-electron chi connectivity index (χ2n) is 38.9. The molecule has 144 heavy (non-hydrogen) atoms. The molecule has 8 heteroatoms. The average molecular weight is 1890 g/mol. The predicted octanol–water partition coefficient (Wildman–Crippen LogP) is 38.0. The molecule has 0 atom stereocenters. The number of fused-ring (bicyclic) bond motifs is 24. The Morgan fingerprint density at radius 3 is 0.917 bits per heavy atom. The van der Waals surface area contributed by atoms with Crippen molar-refractivity contribution < 1.29 is 8.83 Å². The topological polar surface area (TPSA) is 74.4 Å². The van der Waals surface area contributed by atoms with Gasteiger partial charge in [-0.25, -0.2) is 0 Å². The minimum Gasteiger partial charge on any atom is -0.456 e. The third-order valence-corrected chi connectivity index (χ3v) is 33.1. The van der Waals surface area contributed by atoms with E-state index in [1.54, 1.807) is 0 Å². The summed E-state index contributed by atoms with van der Waals surface area (Å²) in [6, 6.07) is 175. The van der Waals surface area contributed by atoms with E-state index in [-0.39, 0.29) is 21.7 Å². The Balaban J connectivity index is 0.0000000983. The maximum Gasteiger partial charge on any atom is 0.135 e. The van der Waals surface area contributed by atoms with E-state index in [0.29, 0.717) is 0 Å². The number of para-hydroxylation sites is 2. The first-order chi connectivity index (χ1) is 70.9. The molecular formula is C136H100N4O2S2. The van der Waals surface area contributed by atoms with E-state index in [2.05, 4.69) is 510 Å². The van der Waals surface area contributed by atoms with Crippen LogP contribution in [0.1, 0.15) is 107 Å². The Kier molecular flexibility index (Phi) is 21.5. The van der Waals surface area contributed by atoms with Crippen LogP contribution in [0, 0.1) is 0 Å². The van der Waals surface area contributed by atoms with E-state index in [1.807, 2.05) is 46.9 Å². The fourth-order valence-electron chi connectivity index (χ4n) is 24.1. The molecule has 4 N–H and O–H groups in total. The molecule has 4 aliphatic carbocycles. The van der Waals surface area contributed by atoms with Gasteiger partial charge in [-0.3, -0.25) is 0 Å². The number of rotatable bonds is 15. The van der Waals surface area contributed by atoms with E-state index < -0.39 is 0 Å². The van der Waals surface area contributed by atoms with Crippen molar-refractivity contribution in [1.29, 1.82) is 0 Å². The van der Waals surface area contributed by atoms with Gasteiger partial charge in [-0.15, -0.1) is 22.7 Å². The van der Waals surface area contributed by atoms with E-state index in [9.17, 15) is 0 Å². The number of hydrogen-bond acceptors (Lipinski definition) is 8. The fraction of sp³-hybridized carbons (Fsp3) is 0.0735. The molecule has 21 aromatic carbocycles. The van der Waals surface area contributed by atoms with Gasteiger partial charge in [0.2, 0.25) is 0 Å². The Bertz CT molecular complexity index is 8920. The summed E-state index contributed by atoms with van der Waals surface area (Å²) in [4.78, 5) is 0. The number of thiophene rings is 2. The van der Waals surface area contributed by atoms with Crippen LogP contribution in [0.2, 0.25) is 0 Å². The first-order valence-corrected chi connectivity index (χ1v) is 51.6. The lowest BCUT2D eigenvalue weighted by molar-refractivity contribution is 0.490. The monoisotopic (exact) mass is 1880 g/mol. The van der Waals surface area contributed by atoms with Crippen molar-refractivity contribution in [2.24, 2.45) is 0 Å². The molecule has 0 radical (unpaired) electrons. The van der Waals surface area contributed by atoms with Crippen LogP contribution >= 0.6 is 22.7 Å². The number of furan rings is 2. The molecule has 6 nitrogen and oxygen atoms in total. The van der Waals surface area contributed by atoms with Gasteiger partial charge >= 0.3 is 0 Å². The second kappa shape index (κ2) is 35.6. The quantitative estimate of drug-likeness (QED) is 0.0820. The molecule has 29 rings (SSSR count). The lowest BCUT2D eigenvalue weighted by Gasteiger charge is -2.33. The molecule has 0 saturated carbocycles. The standard InChI is InChI=1S/C37H25NO.C37H25NS.C33H25NS.C29H25NO/c2*1-3-11-25(12-4-1)37(26-13-5-2-6-14-26)33-17-9-7-15-29(33)31-23-27(19-21-34(31)37)38-28-20-22-36-32(24-28)30-16-8-10-18-35(30)39-36;1-33(2)29-11-7-6-10-25(29)26-19-23(13-15-30(26)33)34-24-14-17-32-28(20-24)27-18-22(12-16-31(27)35-32)21-8-4-3-5-9-21;1-3-29(4-2)25-11-7-5-9-21(25)23-17-19(13-15-26(23)29)30-20-14-16-28-24(18-20)22-10-6-8-12-27(22)31-28/h2*1-24,38H;3-20,34H,1-2H3;5-18,30H,3-4H2,1-2H3. The van der Waals surface area contributed by atoms with Crippen molar-refractivity contribution in [1.82, 2.24) is 0 Å². The van der Waals surface area contributed by atoms with Crippen LogP contribution < -0.4 is 21.3 Å². The lowest BCUT2D eigenvalue weighted by atomic mass is 9.68. The molecule has 688 valence electrons. The molecule has 4 aromatic heterocycles. The van der Waals surface area contributed by atoms with Gasteiger partial charge in [-0.1, -0.05) is 361 Å². The van der Waals surface area contributed by atoms with Gasteiger partial charge < -0.3 is 30.1 Å². The highest BCUT2D eigenvalue weighted by atomic mass is 32.1. The summed E-state index contributed by atoms with van der Waals surface area (Å²) in [6.07, 6.45) is 2.23. The van der Waals surface area contributed by atoms with Crippen molar-refractivity contribution in [3.63, 3.8) is 0 Å². The average Bonchev–Trinajstić information content (AvgIpc) is 1.54. The summed E-state index contributed by atoms with van der Waals surface area (Å²) in [5.74, 6) is 0. The molecule has 0 bridgehead atoms. The molecule has 0 amide bonds. The SMILES string of the molecule is CC1(C)c2ccccc2-c2cc(Nc3ccc4sc5ccc(-c6ccccc6)cc5c4c3)ccc21.CCC1(CC)c2ccccc2-c2cc(Nc3ccc4oc5ccccc5c4c3)ccc21.c1ccc(C2(c3ccccc3)c3ccccc3-c3cc(Nc4ccc5oc6ccccc6c5c4)ccc32)cc1.c1ccc(C2(c3ccccc3)c3ccccc3-c3cc(Nc4ccc5sc6ccccc6c5c4)ccc32)cc1. The minimum absolute atomic E-state index is 0.0371. The smallest absolute Gasteiger partial charge is 0.135 e. The van der Waals surface area contributed by atoms with Gasteiger partial charge in [-0.2, -0.15) is 0 Å². The summed E-state index contributed by atoms with van der Waals surface area (Å²) in [5, 5.41) is 24.5. The van der Waals surface area contributed by atoms with Crippen LogP contribution in [0.5, 0.6) is 0 Å². The third kappa shape index (κ3) is 14.5. The molecule has 0 unspecified atom stereocenters. The van der Waals surface area contributed by atoms with E-state index in [1.165, 1.54) is 163 Å². The fourth-order valence-corrected chi connectivity index (χ4v) is 26.3. The summed E-state index contributed by atoms with van der Waals surface area (Å²) in [5.41, 5.74) is 41.1. The maximum atomic E-state index is 6.04. The Morgan fingerprint density at radius 2 is 0.465 bits per heavy atom. The molecule has 0 saturated heterocycles. The van der Waals surface area contributed by atoms with Gasteiger partial charge in [0.25, 0.3) is 0 Å². The minimum atomic E-state index is -0.373. The largest absolute Gasteiger partial charge is 0.456 e. The van der Waals surface area contributed by atoms with Crippen molar-refractivity contribution in [3.05, 3.63) is 552 Å². The van der Waals surface area contributed by atoms with Crippen molar-refractivity contribution in [3.8, 4) is 55.6 Å². The predicted molar refractivity (Wildman–Crippen MR) is 609 cm³/mol. The zero-order valence-corrected chi connectivity index (χ0v) is 81.9. The van der Waals surface area contributed by atoms with Gasteiger partial charge in [0.05, 0.1) is 10.8 Å². The maximum absolute atomic E-state index is 6.04. The third-order valence-electron chi connectivity index (χ3n) is 30.8. The highest BCUT2D eigenvalue weighted by Gasteiger charge is 2.49. The van der Waals surface area contributed by atoms with E-state index in [0.717, 1.165) is 102 Å². The van der Waals surface area contributed by atoms with Crippen LogP contribution in [0.4, 0.5) is 45.5 Å². The van der Waals surface area contributed by atoms with Gasteiger partial charge in [-0.05, 0) is 287 Å². The summed E-state index contributed by atoms with van der Waals surface area (Å²) in [6.45, 7) is 9.27. The Hall–Kier alpha value is -17.1. The Labute approximate surface area is 846 Å². The lowest BCUT2D eigenvalue weighted by Crippen LogP contribution is -2.28. The summed E-state index contributed by atoms with van der Waals surface area (Å²) < 4.78 is 17.3. The zero-order valence-electron chi connectivity index (χ0n) is 80.2. The molecule has 0 spiro atoms. The van der Waals surface area contributed by atoms with E-state index in [4.69, 9.17) is 8.83 Å². The van der Waals surface area contributed by atoms with Crippen molar-refractivity contribution in [2.75, 3.05) is 21.3 Å². The van der Waals surface area contributed by atoms with Crippen molar-refractivity contribution in [2.45, 2.75) is 62.2 Å². The number of anilines is 8. The van der Waals surface area contributed by atoms with Crippen LogP contribution in [-0.2, 0) is 21.7 Å². The number of benzene rings is 21. The van der Waals surface area contributed by atoms with Gasteiger partial charge in [0.15, 0.2) is 0 Å². The number of nitrogens with one attached hydrogen (secondary N) is 4. The second-order valence-corrected chi connectivity index (χ2v) is 41.1. The van der Waals surface area contributed by atoms with Gasteiger partial charge in [0, 0.05) is 118 Å². The summed E-state index contributed by atoms with van der Waals surface area (Å²) >= 11 is 3.71. The molecule has 25 aromatic rings. The zero-order chi connectivity index (χ0) is 96.2. The molecular weight excluding hydrogens is 1790 g/mol. The molecule has 0 fully saturated rings. The normalized spacial score (nSPS) is 13.6. The first-order valence-electron chi connectivity index (χ1n) is 50.0. The highest BCUT2D eigenvalue weighted by molar-refractivity contribution is 7.26. The Morgan fingerprint density at radius 1 is 0.194 bits per heavy atom.